The van der Waals surface area contributed by atoms with Gasteiger partial charge in [-0.2, -0.15) is 0 Å². The lowest BCUT2D eigenvalue weighted by Gasteiger charge is -2.09. The monoisotopic (exact) mass is 190 g/mol. The van der Waals surface area contributed by atoms with Gasteiger partial charge in [0.2, 0.25) is 0 Å². The first-order valence-corrected chi connectivity index (χ1v) is 5.39. The molecule has 1 aliphatic carbocycles. The fourth-order valence-electron chi connectivity index (χ4n) is 2.03. The number of pyridine rings is 1. The molecule has 0 saturated heterocycles. The highest BCUT2D eigenvalue weighted by atomic mass is 16.5. The van der Waals surface area contributed by atoms with E-state index < -0.39 is 0 Å². The smallest absolute Gasteiger partial charge is 0.138 e. The zero-order chi connectivity index (χ0) is 9.64. The highest BCUT2D eigenvalue weighted by molar-refractivity contribution is 5.14. The second-order valence-corrected chi connectivity index (χ2v) is 3.91. The highest BCUT2D eigenvalue weighted by Gasteiger charge is 2.14. The van der Waals surface area contributed by atoms with Crippen molar-refractivity contribution in [3.8, 4) is 5.75 Å². The standard InChI is InChI=1S/C12H16NO/c1-2-5-11(4-1)7-9-14-12-6-3-8-13-10-12/h6,8,10-11H,1-2,4-5,7,9H2. The van der Waals surface area contributed by atoms with Crippen LogP contribution < -0.4 is 4.74 Å². The van der Waals surface area contributed by atoms with Gasteiger partial charge in [-0.15, -0.1) is 0 Å². The van der Waals surface area contributed by atoms with E-state index in [2.05, 4.69) is 11.1 Å². The van der Waals surface area contributed by atoms with Gasteiger partial charge in [0.15, 0.2) is 0 Å². The van der Waals surface area contributed by atoms with Crippen molar-refractivity contribution in [3.63, 3.8) is 0 Å². The molecule has 0 amide bonds. The van der Waals surface area contributed by atoms with E-state index in [1.807, 2.05) is 6.07 Å². The van der Waals surface area contributed by atoms with Crippen molar-refractivity contribution < 1.29 is 4.74 Å². The summed E-state index contributed by atoms with van der Waals surface area (Å²) in [4.78, 5) is 3.95. The lowest BCUT2D eigenvalue weighted by molar-refractivity contribution is 0.278. The summed E-state index contributed by atoms with van der Waals surface area (Å²) >= 11 is 0. The van der Waals surface area contributed by atoms with Gasteiger partial charge in [-0.05, 0) is 18.4 Å². The quantitative estimate of drug-likeness (QED) is 0.728. The van der Waals surface area contributed by atoms with Gasteiger partial charge in [0.05, 0.1) is 12.8 Å². The highest BCUT2D eigenvalue weighted by Crippen LogP contribution is 2.27. The molecule has 75 valence electrons. The Bertz CT molecular complexity index is 254. The van der Waals surface area contributed by atoms with Crippen LogP contribution in [-0.2, 0) is 0 Å². The predicted molar refractivity (Wildman–Crippen MR) is 55.1 cm³/mol. The molecule has 0 aliphatic heterocycles. The minimum Gasteiger partial charge on any atom is -0.492 e. The SMILES string of the molecule is [c]1cncc(OCCC2CCCC2)c1. The number of hydrogen-bond donors (Lipinski definition) is 0. The molecule has 0 atom stereocenters. The number of rotatable bonds is 4. The molecule has 0 aromatic carbocycles. The molecule has 14 heavy (non-hydrogen) atoms. The van der Waals surface area contributed by atoms with Crippen molar-refractivity contribution in [1.82, 2.24) is 4.98 Å². The van der Waals surface area contributed by atoms with Crippen LogP contribution in [0.25, 0.3) is 0 Å². The molecule has 1 fully saturated rings. The third-order valence-corrected chi connectivity index (χ3v) is 2.85. The summed E-state index contributed by atoms with van der Waals surface area (Å²) in [5.41, 5.74) is 0. The van der Waals surface area contributed by atoms with Crippen molar-refractivity contribution in [1.29, 1.82) is 0 Å². The van der Waals surface area contributed by atoms with Crippen LogP contribution in [0.15, 0.2) is 18.5 Å². The van der Waals surface area contributed by atoms with Crippen LogP contribution in [0.4, 0.5) is 0 Å². The van der Waals surface area contributed by atoms with E-state index >= 15 is 0 Å². The Morgan fingerprint density at radius 2 is 2.29 bits per heavy atom. The van der Waals surface area contributed by atoms with Crippen LogP contribution in [-0.4, -0.2) is 11.6 Å². The van der Waals surface area contributed by atoms with Crippen LogP contribution in [0.2, 0.25) is 0 Å². The maximum atomic E-state index is 5.57. The van der Waals surface area contributed by atoms with E-state index in [1.165, 1.54) is 32.1 Å². The summed E-state index contributed by atoms with van der Waals surface area (Å²) in [5, 5.41) is 0. The van der Waals surface area contributed by atoms with Gasteiger partial charge in [-0.3, -0.25) is 4.98 Å². The predicted octanol–water partition coefficient (Wildman–Crippen LogP) is 2.84. The van der Waals surface area contributed by atoms with Crippen LogP contribution in [0.3, 0.4) is 0 Å². The molecule has 1 heterocycles. The van der Waals surface area contributed by atoms with Gasteiger partial charge in [0, 0.05) is 12.3 Å². The van der Waals surface area contributed by atoms with Crippen LogP contribution in [0, 0.1) is 12.0 Å². The van der Waals surface area contributed by atoms with E-state index in [0.29, 0.717) is 0 Å². The van der Waals surface area contributed by atoms with E-state index in [1.54, 1.807) is 12.4 Å². The zero-order valence-electron chi connectivity index (χ0n) is 8.41. The topological polar surface area (TPSA) is 22.1 Å². The van der Waals surface area contributed by atoms with Gasteiger partial charge >= 0.3 is 0 Å². The minimum atomic E-state index is 0.824. The molecule has 2 nitrogen and oxygen atoms in total. The fourth-order valence-corrected chi connectivity index (χ4v) is 2.03. The molecular formula is C12H16NO. The molecule has 0 unspecified atom stereocenters. The summed E-state index contributed by atoms with van der Waals surface area (Å²) in [7, 11) is 0. The Labute approximate surface area is 85.3 Å². The molecule has 1 saturated carbocycles. The second kappa shape index (κ2) is 4.99. The Balaban J connectivity index is 1.67. The summed E-state index contributed by atoms with van der Waals surface area (Å²) in [5.74, 6) is 1.74. The van der Waals surface area contributed by atoms with Crippen LogP contribution in [0.1, 0.15) is 32.1 Å². The second-order valence-electron chi connectivity index (χ2n) is 3.91. The maximum absolute atomic E-state index is 5.57. The van der Waals surface area contributed by atoms with Crippen molar-refractivity contribution in [2.75, 3.05) is 6.61 Å². The minimum absolute atomic E-state index is 0.824. The van der Waals surface area contributed by atoms with Crippen molar-refractivity contribution in [2.45, 2.75) is 32.1 Å². The molecule has 1 radical (unpaired) electrons. The lowest BCUT2D eigenvalue weighted by atomic mass is 10.1. The van der Waals surface area contributed by atoms with Crippen LogP contribution in [0.5, 0.6) is 5.75 Å². The molecule has 1 aliphatic rings. The number of aromatic nitrogens is 1. The first-order valence-electron chi connectivity index (χ1n) is 5.39. The van der Waals surface area contributed by atoms with Crippen LogP contribution >= 0.6 is 0 Å². The summed E-state index contributed by atoms with van der Waals surface area (Å²) in [6, 6.07) is 4.74. The molecule has 0 N–H and O–H groups in total. The first-order chi connectivity index (χ1) is 6.95. The van der Waals surface area contributed by atoms with Crippen molar-refractivity contribution in [3.05, 3.63) is 24.5 Å². The number of nitrogens with zero attached hydrogens (tertiary/aromatic N) is 1. The Kier molecular flexibility index (Phi) is 3.39. The molecule has 0 bridgehead atoms. The molecule has 0 spiro atoms. The maximum Gasteiger partial charge on any atom is 0.138 e. The molecular weight excluding hydrogens is 174 g/mol. The van der Waals surface area contributed by atoms with Crippen molar-refractivity contribution in [2.24, 2.45) is 5.92 Å². The van der Waals surface area contributed by atoms with E-state index in [-0.39, 0.29) is 0 Å². The number of ether oxygens (including phenoxy) is 1. The summed E-state index contributed by atoms with van der Waals surface area (Å²) < 4.78 is 5.57. The average Bonchev–Trinajstić information content (AvgIpc) is 2.72. The molecule has 1 aromatic rings. The van der Waals surface area contributed by atoms with E-state index in [0.717, 1.165) is 18.3 Å². The first kappa shape index (κ1) is 9.50. The van der Waals surface area contributed by atoms with Gasteiger partial charge in [-0.25, -0.2) is 0 Å². The van der Waals surface area contributed by atoms with E-state index in [9.17, 15) is 0 Å². The average molecular weight is 190 g/mol. The lowest BCUT2D eigenvalue weighted by Crippen LogP contribution is -2.03. The Morgan fingerprint density at radius 1 is 1.43 bits per heavy atom. The molecule has 2 heteroatoms. The summed E-state index contributed by atoms with van der Waals surface area (Å²) in [6.45, 7) is 0.824. The third kappa shape index (κ3) is 2.72. The van der Waals surface area contributed by atoms with Gasteiger partial charge in [-0.1, -0.05) is 25.7 Å². The van der Waals surface area contributed by atoms with Gasteiger partial charge in [0.1, 0.15) is 5.75 Å². The van der Waals surface area contributed by atoms with Gasteiger partial charge in [0.25, 0.3) is 0 Å². The normalized spacial score (nSPS) is 17.1. The third-order valence-electron chi connectivity index (χ3n) is 2.85. The Hall–Kier alpha value is -1.05. The Morgan fingerprint density at radius 3 is 3.00 bits per heavy atom. The fraction of sp³-hybridized carbons (Fsp3) is 0.583. The van der Waals surface area contributed by atoms with Crippen molar-refractivity contribution >= 4 is 0 Å². The number of hydrogen-bond acceptors (Lipinski definition) is 2. The molecule has 1 aromatic heterocycles. The summed E-state index contributed by atoms with van der Waals surface area (Å²) in [6.07, 6.45) is 10.2. The zero-order valence-corrected chi connectivity index (χ0v) is 8.41. The molecule has 2 rings (SSSR count). The van der Waals surface area contributed by atoms with E-state index in [4.69, 9.17) is 4.74 Å². The largest absolute Gasteiger partial charge is 0.492 e. The van der Waals surface area contributed by atoms with Gasteiger partial charge < -0.3 is 4.74 Å².